The van der Waals surface area contributed by atoms with E-state index < -0.39 is 11.7 Å². The average molecular weight is 273 g/mol. The molecule has 0 fully saturated rings. The Hall–Kier alpha value is -1.13. The van der Waals surface area contributed by atoms with Gasteiger partial charge in [0.25, 0.3) is 5.91 Å². The van der Waals surface area contributed by atoms with Gasteiger partial charge in [-0.3, -0.25) is 4.79 Å². The van der Waals surface area contributed by atoms with Gasteiger partial charge in [0.15, 0.2) is 0 Å². The van der Waals surface area contributed by atoms with E-state index in [9.17, 15) is 9.18 Å². The van der Waals surface area contributed by atoms with Gasteiger partial charge in [0, 0.05) is 11.1 Å². The van der Waals surface area contributed by atoms with E-state index in [0.717, 1.165) is 13.0 Å². The summed E-state index contributed by atoms with van der Waals surface area (Å²) in [7, 11) is 3.93. The number of rotatable bonds is 5. The summed E-state index contributed by atoms with van der Waals surface area (Å²) in [5.41, 5.74) is -0.0146. The first-order chi connectivity index (χ1) is 8.40. The van der Waals surface area contributed by atoms with Crippen LogP contribution in [-0.4, -0.2) is 37.5 Å². The Kier molecular flexibility index (Phi) is 5.56. The van der Waals surface area contributed by atoms with Gasteiger partial charge in [-0.2, -0.15) is 0 Å². The van der Waals surface area contributed by atoms with Crippen LogP contribution < -0.4 is 5.32 Å². The van der Waals surface area contributed by atoms with E-state index in [0.29, 0.717) is 5.02 Å². The fourth-order valence-electron chi connectivity index (χ4n) is 1.50. The van der Waals surface area contributed by atoms with Crippen LogP contribution in [-0.2, 0) is 0 Å². The van der Waals surface area contributed by atoms with Crippen LogP contribution in [0.3, 0.4) is 0 Å². The molecule has 1 aromatic rings. The van der Waals surface area contributed by atoms with Crippen molar-refractivity contribution < 1.29 is 9.18 Å². The largest absolute Gasteiger partial charge is 0.349 e. The molecule has 1 unspecified atom stereocenters. The zero-order chi connectivity index (χ0) is 13.7. The van der Waals surface area contributed by atoms with Gasteiger partial charge in [0.2, 0.25) is 0 Å². The Morgan fingerprint density at radius 3 is 2.78 bits per heavy atom. The molecule has 1 amide bonds. The van der Waals surface area contributed by atoms with E-state index in [2.05, 4.69) is 5.32 Å². The zero-order valence-corrected chi connectivity index (χ0v) is 11.6. The molecule has 0 aromatic heterocycles. The molecule has 1 N–H and O–H groups in total. The maximum Gasteiger partial charge on any atom is 0.254 e. The second kappa shape index (κ2) is 6.71. The number of amides is 1. The molecule has 0 spiro atoms. The first kappa shape index (κ1) is 14.9. The normalized spacial score (nSPS) is 12.6. The number of carbonyl (C=O) groups excluding carboxylic acids is 1. The van der Waals surface area contributed by atoms with Crippen molar-refractivity contribution in [2.24, 2.45) is 0 Å². The molecule has 1 rings (SSSR count). The third kappa shape index (κ3) is 4.63. The zero-order valence-electron chi connectivity index (χ0n) is 10.8. The van der Waals surface area contributed by atoms with Crippen molar-refractivity contribution >= 4 is 17.5 Å². The van der Waals surface area contributed by atoms with Crippen LogP contribution in [0.2, 0.25) is 5.02 Å². The molecule has 0 heterocycles. The standard InChI is InChI=1S/C13H18ClFN2O/c1-9(6-7-17(2)3)16-13(18)11-8-10(14)4-5-12(11)15/h4-5,8-9H,6-7H2,1-3H3,(H,16,18). The Bertz CT molecular complexity index is 423. The lowest BCUT2D eigenvalue weighted by atomic mass is 10.1. The quantitative estimate of drug-likeness (QED) is 0.893. The summed E-state index contributed by atoms with van der Waals surface area (Å²) in [6.07, 6.45) is 0.806. The Balaban J connectivity index is 2.62. The van der Waals surface area contributed by atoms with Crippen molar-refractivity contribution in [1.82, 2.24) is 10.2 Å². The minimum Gasteiger partial charge on any atom is -0.349 e. The first-order valence-electron chi connectivity index (χ1n) is 5.81. The van der Waals surface area contributed by atoms with Gasteiger partial charge in [0.05, 0.1) is 5.56 Å². The molecule has 0 radical (unpaired) electrons. The van der Waals surface area contributed by atoms with Crippen molar-refractivity contribution in [2.75, 3.05) is 20.6 Å². The fourth-order valence-corrected chi connectivity index (χ4v) is 1.67. The van der Waals surface area contributed by atoms with Crippen LogP contribution in [0.1, 0.15) is 23.7 Å². The number of nitrogens with one attached hydrogen (secondary N) is 1. The highest BCUT2D eigenvalue weighted by atomic mass is 35.5. The van der Waals surface area contributed by atoms with Gasteiger partial charge in [-0.15, -0.1) is 0 Å². The Morgan fingerprint density at radius 2 is 2.17 bits per heavy atom. The SMILES string of the molecule is CC(CCN(C)C)NC(=O)c1cc(Cl)ccc1F. The number of nitrogens with zero attached hydrogens (tertiary/aromatic N) is 1. The van der Waals surface area contributed by atoms with Crippen molar-refractivity contribution in [2.45, 2.75) is 19.4 Å². The number of hydrogen-bond acceptors (Lipinski definition) is 2. The maximum absolute atomic E-state index is 13.5. The summed E-state index contributed by atoms with van der Waals surface area (Å²) in [5.74, 6) is -0.988. The smallest absolute Gasteiger partial charge is 0.254 e. The number of carbonyl (C=O) groups is 1. The van der Waals surface area contributed by atoms with E-state index in [-0.39, 0.29) is 11.6 Å². The minimum absolute atomic E-state index is 0.0146. The van der Waals surface area contributed by atoms with Gasteiger partial charge in [0.1, 0.15) is 5.82 Å². The molecule has 0 bridgehead atoms. The van der Waals surface area contributed by atoms with Crippen LogP contribution >= 0.6 is 11.6 Å². The molecule has 0 saturated heterocycles. The molecular formula is C13H18ClFN2O. The van der Waals surface area contributed by atoms with Crippen LogP contribution in [0.25, 0.3) is 0 Å². The Morgan fingerprint density at radius 1 is 1.50 bits per heavy atom. The highest BCUT2D eigenvalue weighted by molar-refractivity contribution is 6.31. The molecule has 0 aliphatic carbocycles. The second-order valence-corrected chi connectivity index (χ2v) is 5.03. The van der Waals surface area contributed by atoms with Crippen LogP contribution in [0.15, 0.2) is 18.2 Å². The molecular weight excluding hydrogens is 255 g/mol. The molecule has 100 valence electrons. The fraction of sp³-hybridized carbons (Fsp3) is 0.462. The van der Waals surface area contributed by atoms with Crippen LogP contribution in [0.4, 0.5) is 4.39 Å². The molecule has 0 aliphatic rings. The third-order valence-corrected chi connectivity index (χ3v) is 2.79. The second-order valence-electron chi connectivity index (χ2n) is 4.59. The molecule has 5 heteroatoms. The predicted molar refractivity (Wildman–Crippen MR) is 71.5 cm³/mol. The summed E-state index contributed by atoms with van der Waals surface area (Å²) in [6.45, 7) is 2.75. The van der Waals surface area contributed by atoms with E-state index in [1.807, 2.05) is 25.9 Å². The lowest BCUT2D eigenvalue weighted by molar-refractivity contribution is 0.0932. The monoisotopic (exact) mass is 272 g/mol. The molecule has 18 heavy (non-hydrogen) atoms. The maximum atomic E-state index is 13.5. The number of halogens is 2. The summed E-state index contributed by atoms with van der Waals surface area (Å²) < 4.78 is 13.5. The molecule has 3 nitrogen and oxygen atoms in total. The summed E-state index contributed by atoms with van der Waals surface area (Å²) >= 11 is 5.75. The van der Waals surface area contributed by atoms with Gasteiger partial charge in [-0.25, -0.2) is 4.39 Å². The van der Waals surface area contributed by atoms with Gasteiger partial charge < -0.3 is 10.2 Å². The first-order valence-corrected chi connectivity index (χ1v) is 6.18. The van der Waals surface area contributed by atoms with E-state index in [4.69, 9.17) is 11.6 Å². The summed E-state index contributed by atoms with van der Waals surface area (Å²) in [4.78, 5) is 13.9. The topological polar surface area (TPSA) is 32.3 Å². The van der Waals surface area contributed by atoms with Crippen molar-refractivity contribution in [3.05, 3.63) is 34.6 Å². The van der Waals surface area contributed by atoms with Gasteiger partial charge in [-0.1, -0.05) is 11.6 Å². The summed E-state index contributed by atoms with van der Waals surface area (Å²) in [6, 6.07) is 3.94. The van der Waals surface area contributed by atoms with E-state index in [1.165, 1.54) is 18.2 Å². The van der Waals surface area contributed by atoms with E-state index in [1.54, 1.807) is 0 Å². The summed E-state index contributed by atoms with van der Waals surface area (Å²) in [5, 5.41) is 3.10. The third-order valence-electron chi connectivity index (χ3n) is 2.56. The number of hydrogen-bond donors (Lipinski definition) is 1. The highest BCUT2D eigenvalue weighted by Gasteiger charge is 2.14. The molecule has 0 aliphatic heterocycles. The molecule has 1 aromatic carbocycles. The van der Waals surface area contributed by atoms with Crippen molar-refractivity contribution in [3.63, 3.8) is 0 Å². The molecule has 1 atom stereocenters. The number of benzene rings is 1. The average Bonchev–Trinajstić information content (AvgIpc) is 2.29. The Labute approximate surface area is 112 Å². The lowest BCUT2D eigenvalue weighted by Gasteiger charge is -2.17. The predicted octanol–water partition coefficient (Wildman–Crippen LogP) is 2.55. The van der Waals surface area contributed by atoms with Crippen LogP contribution in [0, 0.1) is 5.82 Å². The minimum atomic E-state index is -0.559. The van der Waals surface area contributed by atoms with Crippen molar-refractivity contribution in [1.29, 1.82) is 0 Å². The highest BCUT2D eigenvalue weighted by Crippen LogP contribution is 2.15. The van der Waals surface area contributed by atoms with Gasteiger partial charge >= 0.3 is 0 Å². The molecule has 0 saturated carbocycles. The van der Waals surface area contributed by atoms with Crippen molar-refractivity contribution in [3.8, 4) is 0 Å². The van der Waals surface area contributed by atoms with Gasteiger partial charge in [-0.05, 0) is 52.2 Å². The van der Waals surface area contributed by atoms with Crippen LogP contribution in [0.5, 0.6) is 0 Å². The van der Waals surface area contributed by atoms with E-state index >= 15 is 0 Å². The lowest BCUT2D eigenvalue weighted by Crippen LogP contribution is -2.35.